The number of H-pyrrole nitrogens is 1. The van der Waals surface area contributed by atoms with Gasteiger partial charge in [0, 0.05) is 16.4 Å². The minimum absolute atomic E-state index is 0.173. The number of nitrogens with one attached hydrogen (secondary N) is 1. The molecule has 1 saturated heterocycles. The lowest BCUT2D eigenvalue weighted by Crippen LogP contribution is -2.35. The highest BCUT2D eigenvalue weighted by Gasteiger charge is 2.32. The molecule has 0 bridgehead atoms. The van der Waals surface area contributed by atoms with Crippen LogP contribution in [0.5, 0.6) is 0 Å². The predicted octanol–water partition coefficient (Wildman–Crippen LogP) is 3.17. The number of piperidine rings is 1. The van der Waals surface area contributed by atoms with Crippen LogP contribution in [0, 0.1) is 5.82 Å². The Morgan fingerprint density at radius 1 is 1.23 bits per heavy atom. The van der Waals surface area contributed by atoms with Gasteiger partial charge in [0.05, 0.1) is 5.39 Å². The third-order valence-corrected chi connectivity index (χ3v) is 5.18. The molecule has 22 heavy (non-hydrogen) atoms. The maximum absolute atomic E-state index is 14.1. The van der Waals surface area contributed by atoms with Crippen LogP contribution in [0.2, 0.25) is 0 Å². The number of hydrogen-bond donors (Lipinski definition) is 1. The van der Waals surface area contributed by atoms with Gasteiger partial charge >= 0.3 is 0 Å². The molecule has 1 aromatic carbocycles. The summed E-state index contributed by atoms with van der Waals surface area (Å²) in [6.45, 7) is 2.08. The van der Waals surface area contributed by atoms with E-state index in [2.05, 4.69) is 30.8 Å². The summed E-state index contributed by atoms with van der Waals surface area (Å²) in [5.41, 5.74) is -0.0867. The third kappa shape index (κ3) is 2.58. The highest BCUT2D eigenvalue weighted by Crippen LogP contribution is 2.33. The molecule has 4 nitrogen and oxygen atoms in total. The number of fused-ring (bicyclic) bond motifs is 1. The first-order chi connectivity index (χ1) is 10.6. The molecule has 0 radical (unpaired) electrons. The zero-order valence-electron chi connectivity index (χ0n) is 12.1. The molecule has 1 aliphatic heterocycles. The molecule has 116 valence electrons. The molecule has 1 aromatic heterocycles. The van der Waals surface area contributed by atoms with Gasteiger partial charge in [0.25, 0.3) is 5.56 Å². The zero-order chi connectivity index (χ0) is 15.3. The van der Waals surface area contributed by atoms with Crippen LogP contribution in [-0.4, -0.2) is 34.0 Å². The van der Waals surface area contributed by atoms with Gasteiger partial charge in [-0.3, -0.25) is 4.79 Å². The molecule has 2 aromatic rings. The topological polar surface area (TPSA) is 49.0 Å². The molecule has 0 unspecified atom stereocenters. The Morgan fingerprint density at radius 2 is 1.95 bits per heavy atom. The second kappa shape index (κ2) is 5.42. The fourth-order valence-corrected chi connectivity index (χ4v) is 3.79. The maximum atomic E-state index is 14.1. The lowest BCUT2D eigenvalue weighted by Gasteiger charge is -2.31. The van der Waals surface area contributed by atoms with Gasteiger partial charge in [0.15, 0.2) is 5.82 Å². The van der Waals surface area contributed by atoms with Crippen LogP contribution in [0.25, 0.3) is 10.9 Å². The summed E-state index contributed by atoms with van der Waals surface area (Å²) in [4.78, 5) is 22.0. The van der Waals surface area contributed by atoms with E-state index in [-0.39, 0.29) is 17.0 Å². The van der Waals surface area contributed by atoms with Crippen LogP contribution in [0.15, 0.2) is 21.4 Å². The molecule has 0 amide bonds. The lowest BCUT2D eigenvalue weighted by atomic mass is 9.95. The van der Waals surface area contributed by atoms with Crippen LogP contribution in [0.1, 0.15) is 37.4 Å². The van der Waals surface area contributed by atoms with Gasteiger partial charge in [-0.25, -0.2) is 9.37 Å². The van der Waals surface area contributed by atoms with E-state index in [9.17, 15) is 9.18 Å². The summed E-state index contributed by atoms with van der Waals surface area (Å²) in [6, 6.07) is 3.75. The van der Waals surface area contributed by atoms with E-state index < -0.39 is 5.82 Å². The Labute approximate surface area is 135 Å². The third-order valence-electron chi connectivity index (χ3n) is 4.73. The highest BCUT2D eigenvalue weighted by molar-refractivity contribution is 9.10. The summed E-state index contributed by atoms with van der Waals surface area (Å²) in [5.74, 6) is 0.399. The number of aromatic amines is 1. The molecule has 2 fully saturated rings. The van der Waals surface area contributed by atoms with E-state index in [1.165, 1.54) is 18.9 Å². The number of hydrogen-bond acceptors (Lipinski definition) is 3. The van der Waals surface area contributed by atoms with Crippen molar-refractivity contribution in [2.24, 2.45) is 0 Å². The van der Waals surface area contributed by atoms with E-state index in [4.69, 9.17) is 0 Å². The SMILES string of the molecule is O=c1[nH]c(C2CCN(C3CC3)CC2)nc2c(F)cc(Br)cc12. The first kappa shape index (κ1) is 14.3. The number of halogens is 2. The summed E-state index contributed by atoms with van der Waals surface area (Å²) >= 11 is 3.21. The van der Waals surface area contributed by atoms with Crippen molar-refractivity contribution in [2.75, 3.05) is 13.1 Å². The molecule has 2 aliphatic rings. The summed E-state index contributed by atoms with van der Waals surface area (Å²) in [7, 11) is 0. The molecular formula is C16H17BrFN3O. The van der Waals surface area contributed by atoms with Crippen molar-refractivity contribution < 1.29 is 4.39 Å². The van der Waals surface area contributed by atoms with Gasteiger partial charge in [0.1, 0.15) is 11.3 Å². The van der Waals surface area contributed by atoms with Gasteiger partial charge in [0.2, 0.25) is 0 Å². The van der Waals surface area contributed by atoms with Crippen molar-refractivity contribution in [3.05, 3.63) is 38.6 Å². The van der Waals surface area contributed by atoms with E-state index in [0.29, 0.717) is 15.7 Å². The summed E-state index contributed by atoms with van der Waals surface area (Å²) in [6.07, 6.45) is 4.58. The van der Waals surface area contributed by atoms with Crippen LogP contribution >= 0.6 is 15.9 Å². The van der Waals surface area contributed by atoms with E-state index in [0.717, 1.165) is 32.0 Å². The largest absolute Gasteiger partial charge is 0.310 e. The molecule has 6 heteroatoms. The van der Waals surface area contributed by atoms with Crippen molar-refractivity contribution in [2.45, 2.75) is 37.6 Å². The first-order valence-electron chi connectivity index (χ1n) is 7.75. The minimum atomic E-state index is -0.452. The van der Waals surface area contributed by atoms with E-state index in [1.807, 2.05) is 0 Å². The number of likely N-dealkylation sites (tertiary alicyclic amines) is 1. The monoisotopic (exact) mass is 365 g/mol. The van der Waals surface area contributed by atoms with Crippen LogP contribution in [0.3, 0.4) is 0 Å². The van der Waals surface area contributed by atoms with Crippen molar-refractivity contribution in [1.29, 1.82) is 0 Å². The number of benzene rings is 1. The van der Waals surface area contributed by atoms with Crippen LogP contribution in [-0.2, 0) is 0 Å². The van der Waals surface area contributed by atoms with Crippen LogP contribution in [0.4, 0.5) is 4.39 Å². The lowest BCUT2D eigenvalue weighted by molar-refractivity contribution is 0.200. The second-order valence-electron chi connectivity index (χ2n) is 6.28. The molecule has 0 spiro atoms. The fraction of sp³-hybridized carbons (Fsp3) is 0.500. The predicted molar refractivity (Wildman–Crippen MR) is 86.6 cm³/mol. The average Bonchev–Trinajstić information content (AvgIpc) is 3.33. The maximum Gasteiger partial charge on any atom is 0.258 e. The molecule has 0 atom stereocenters. The molecule has 4 rings (SSSR count). The van der Waals surface area contributed by atoms with Gasteiger partial charge in [-0.1, -0.05) is 15.9 Å². The van der Waals surface area contributed by atoms with E-state index in [1.54, 1.807) is 6.07 Å². The smallest absolute Gasteiger partial charge is 0.258 e. The number of nitrogens with zero attached hydrogens (tertiary/aromatic N) is 2. The molecular weight excluding hydrogens is 349 g/mol. The van der Waals surface area contributed by atoms with Gasteiger partial charge < -0.3 is 9.88 Å². The Bertz CT molecular complexity index is 779. The normalized spacial score (nSPS) is 20.6. The number of rotatable bonds is 2. The Hall–Kier alpha value is -1.27. The van der Waals surface area contributed by atoms with Gasteiger partial charge in [-0.15, -0.1) is 0 Å². The van der Waals surface area contributed by atoms with Crippen LogP contribution < -0.4 is 5.56 Å². The van der Waals surface area contributed by atoms with Crippen molar-refractivity contribution >= 4 is 26.8 Å². The standard InChI is InChI=1S/C16H17BrFN3O/c17-10-7-12-14(13(18)8-10)19-15(20-16(12)22)9-3-5-21(6-4-9)11-1-2-11/h7-9,11H,1-6H2,(H,19,20,22). The molecule has 2 heterocycles. The highest BCUT2D eigenvalue weighted by atomic mass is 79.9. The summed E-state index contributed by atoms with van der Waals surface area (Å²) < 4.78 is 14.6. The first-order valence-corrected chi connectivity index (χ1v) is 8.54. The fourth-order valence-electron chi connectivity index (χ4n) is 3.36. The zero-order valence-corrected chi connectivity index (χ0v) is 13.7. The molecule has 1 aliphatic carbocycles. The number of aromatic nitrogens is 2. The van der Waals surface area contributed by atoms with E-state index >= 15 is 0 Å². The molecule has 1 saturated carbocycles. The average molecular weight is 366 g/mol. The quantitative estimate of drug-likeness (QED) is 0.888. The van der Waals surface area contributed by atoms with Crippen molar-refractivity contribution in [1.82, 2.24) is 14.9 Å². The Kier molecular flexibility index (Phi) is 3.53. The van der Waals surface area contributed by atoms with Gasteiger partial charge in [-0.05, 0) is 50.9 Å². The van der Waals surface area contributed by atoms with Gasteiger partial charge in [-0.2, -0.15) is 0 Å². The summed E-state index contributed by atoms with van der Waals surface area (Å²) in [5, 5.41) is 0.297. The minimum Gasteiger partial charge on any atom is -0.310 e. The molecule has 1 N–H and O–H groups in total. The van der Waals surface area contributed by atoms with Crippen molar-refractivity contribution in [3.63, 3.8) is 0 Å². The van der Waals surface area contributed by atoms with Crippen molar-refractivity contribution in [3.8, 4) is 0 Å². The second-order valence-corrected chi connectivity index (χ2v) is 7.19. The Balaban J connectivity index is 1.66. The Morgan fingerprint density at radius 3 is 2.64 bits per heavy atom.